The number of nitrogens with zero attached hydrogens (tertiary/aromatic N) is 1. The predicted octanol–water partition coefficient (Wildman–Crippen LogP) is 3.06. The minimum Gasteiger partial charge on any atom is -0.504 e. The average molecular weight is 315 g/mol. The monoisotopic (exact) mass is 315 g/mol. The first-order valence-corrected chi connectivity index (χ1v) is 7.55. The maximum Gasteiger partial charge on any atom is 0.261 e. The molecule has 23 heavy (non-hydrogen) atoms. The zero-order chi connectivity index (χ0) is 16.4. The number of aromatic hydroxyl groups is 1. The Kier molecular flexibility index (Phi) is 4.19. The second-order valence-corrected chi connectivity index (χ2v) is 5.61. The van der Waals surface area contributed by atoms with E-state index in [4.69, 9.17) is 4.74 Å². The van der Waals surface area contributed by atoms with Gasteiger partial charge in [-0.25, -0.2) is 4.39 Å². The molecule has 0 radical (unpaired) electrons. The van der Waals surface area contributed by atoms with E-state index in [1.165, 1.54) is 18.2 Å². The normalized spacial score (nSPS) is 16.8. The van der Waals surface area contributed by atoms with Gasteiger partial charge in [0.05, 0.1) is 6.04 Å². The van der Waals surface area contributed by atoms with Gasteiger partial charge in [-0.05, 0) is 48.7 Å². The van der Waals surface area contributed by atoms with Crippen molar-refractivity contribution in [1.29, 1.82) is 0 Å². The lowest BCUT2D eigenvalue weighted by molar-refractivity contribution is -0.136. The van der Waals surface area contributed by atoms with E-state index in [9.17, 15) is 14.3 Å². The lowest BCUT2D eigenvalue weighted by atomic mass is 9.93. The van der Waals surface area contributed by atoms with Gasteiger partial charge in [-0.3, -0.25) is 4.79 Å². The highest BCUT2D eigenvalue weighted by Gasteiger charge is 2.28. The molecule has 120 valence electrons. The summed E-state index contributed by atoms with van der Waals surface area (Å²) in [5.41, 5.74) is 1.91. The van der Waals surface area contributed by atoms with Crippen molar-refractivity contribution in [2.24, 2.45) is 0 Å². The lowest BCUT2D eigenvalue weighted by Gasteiger charge is -2.35. The molecule has 0 aliphatic carbocycles. The summed E-state index contributed by atoms with van der Waals surface area (Å²) in [6, 6.07) is 11.1. The van der Waals surface area contributed by atoms with Crippen LogP contribution in [0, 0.1) is 5.82 Å². The fourth-order valence-corrected chi connectivity index (χ4v) is 2.94. The molecule has 0 spiro atoms. The molecule has 1 heterocycles. The van der Waals surface area contributed by atoms with Gasteiger partial charge in [0.2, 0.25) is 0 Å². The number of hydrogen-bond donors (Lipinski definition) is 1. The number of phenols is 1. The van der Waals surface area contributed by atoms with Crippen LogP contribution in [-0.4, -0.2) is 29.1 Å². The topological polar surface area (TPSA) is 49.8 Å². The number of benzene rings is 2. The summed E-state index contributed by atoms with van der Waals surface area (Å²) in [6.45, 7) is 2.31. The highest BCUT2D eigenvalue weighted by atomic mass is 19.1. The number of hydrogen-bond acceptors (Lipinski definition) is 3. The van der Waals surface area contributed by atoms with Crippen molar-refractivity contribution < 1.29 is 19.0 Å². The minimum atomic E-state index is -0.251. The Morgan fingerprint density at radius 3 is 2.91 bits per heavy atom. The summed E-state index contributed by atoms with van der Waals surface area (Å²) in [5.74, 6) is -0.116. The number of halogens is 1. The van der Waals surface area contributed by atoms with Crippen LogP contribution < -0.4 is 4.74 Å². The standard InChI is InChI=1S/C18H18FNO3/c1-12-15-7-6-14(19)10-13(15)8-9-20(12)18(22)11-23-17-5-3-2-4-16(17)21/h2-7,10,12,21H,8-9,11H2,1H3/t12-/m1/s1. The van der Waals surface area contributed by atoms with Gasteiger partial charge in [-0.15, -0.1) is 0 Å². The summed E-state index contributed by atoms with van der Waals surface area (Å²) in [5, 5.41) is 9.66. The molecule has 4 nitrogen and oxygen atoms in total. The zero-order valence-corrected chi connectivity index (χ0v) is 12.8. The molecule has 0 bridgehead atoms. The van der Waals surface area contributed by atoms with Crippen LogP contribution in [0.2, 0.25) is 0 Å². The molecule has 1 atom stereocenters. The first-order valence-electron chi connectivity index (χ1n) is 7.55. The maximum atomic E-state index is 13.3. The van der Waals surface area contributed by atoms with Crippen LogP contribution in [0.5, 0.6) is 11.5 Å². The van der Waals surface area contributed by atoms with Crippen LogP contribution >= 0.6 is 0 Å². The molecule has 3 rings (SSSR count). The lowest BCUT2D eigenvalue weighted by Crippen LogP contribution is -2.41. The number of phenolic OH excluding ortho intramolecular Hbond substituents is 1. The predicted molar refractivity (Wildman–Crippen MR) is 83.8 cm³/mol. The number of carbonyl (C=O) groups excluding carboxylic acids is 1. The maximum absolute atomic E-state index is 13.3. The van der Waals surface area contributed by atoms with Crippen LogP contribution in [0.15, 0.2) is 42.5 Å². The Bertz CT molecular complexity index is 732. The van der Waals surface area contributed by atoms with Crippen LogP contribution in [0.3, 0.4) is 0 Å². The van der Waals surface area contributed by atoms with Crippen molar-refractivity contribution in [3.63, 3.8) is 0 Å². The summed E-state index contributed by atoms with van der Waals surface area (Å²) in [6.07, 6.45) is 0.625. The van der Waals surface area contributed by atoms with Gasteiger partial charge in [0.25, 0.3) is 5.91 Å². The Labute approximate surface area is 134 Å². The molecule has 1 N–H and O–H groups in total. The first kappa shape index (κ1) is 15.3. The van der Waals surface area contributed by atoms with Gasteiger partial charge >= 0.3 is 0 Å². The number of rotatable bonds is 3. The van der Waals surface area contributed by atoms with E-state index in [1.807, 2.05) is 6.92 Å². The molecule has 2 aromatic carbocycles. The van der Waals surface area contributed by atoms with E-state index >= 15 is 0 Å². The molecule has 1 aliphatic heterocycles. The summed E-state index contributed by atoms with van der Waals surface area (Å²) < 4.78 is 18.7. The highest BCUT2D eigenvalue weighted by molar-refractivity contribution is 5.78. The van der Waals surface area contributed by atoms with Crippen LogP contribution in [0.4, 0.5) is 4.39 Å². The van der Waals surface area contributed by atoms with E-state index in [0.717, 1.165) is 11.1 Å². The molecule has 2 aromatic rings. The largest absolute Gasteiger partial charge is 0.504 e. The van der Waals surface area contributed by atoms with Crippen molar-refractivity contribution in [2.75, 3.05) is 13.2 Å². The van der Waals surface area contributed by atoms with Gasteiger partial charge < -0.3 is 14.7 Å². The van der Waals surface area contributed by atoms with Crippen LogP contribution in [-0.2, 0) is 11.2 Å². The SMILES string of the molecule is C[C@@H]1c2ccc(F)cc2CCN1C(=O)COc1ccccc1O. The molecule has 5 heteroatoms. The summed E-state index contributed by atoms with van der Waals surface area (Å²) >= 11 is 0. The van der Waals surface area contributed by atoms with E-state index in [1.54, 1.807) is 29.2 Å². The quantitative estimate of drug-likeness (QED) is 0.947. The minimum absolute atomic E-state index is 0.00723. The smallest absolute Gasteiger partial charge is 0.261 e. The number of ether oxygens (including phenoxy) is 1. The molecule has 0 saturated carbocycles. The number of carbonyl (C=O) groups is 1. The van der Waals surface area contributed by atoms with Gasteiger partial charge in [-0.1, -0.05) is 18.2 Å². The molecule has 0 fully saturated rings. The van der Waals surface area contributed by atoms with E-state index in [0.29, 0.717) is 13.0 Å². The molecule has 0 unspecified atom stereocenters. The fourth-order valence-electron chi connectivity index (χ4n) is 2.94. The first-order chi connectivity index (χ1) is 11.1. The highest BCUT2D eigenvalue weighted by Crippen LogP contribution is 2.30. The van der Waals surface area contributed by atoms with Crippen molar-refractivity contribution in [2.45, 2.75) is 19.4 Å². The second-order valence-electron chi connectivity index (χ2n) is 5.61. The molecular weight excluding hydrogens is 297 g/mol. The van der Waals surface area contributed by atoms with Gasteiger partial charge in [0.1, 0.15) is 5.82 Å². The number of fused-ring (bicyclic) bond motifs is 1. The summed E-state index contributed by atoms with van der Waals surface area (Å²) in [4.78, 5) is 14.1. The van der Waals surface area contributed by atoms with Crippen LogP contribution in [0.25, 0.3) is 0 Å². The Balaban J connectivity index is 1.69. The van der Waals surface area contributed by atoms with Crippen molar-refractivity contribution in [1.82, 2.24) is 4.90 Å². The molecular formula is C18H18FNO3. The van der Waals surface area contributed by atoms with Gasteiger partial charge in [0.15, 0.2) is 18.1 Å². The van der Waals surface area contributed by atoms with E-state index in [2.05, 4.69) is 0 Å². The van der Waals surface area contributed by atoms with Crippen LogP contribution in [0.1, 0.15) is 24.1 Å². The molecule has 1 amide bonds. The van der Waals surface area contributed by atoms with E-state index < -0.39 is 0 Å². The average Bonchev–Trinajstić information content (AvgIpc) is 2.54. The van der Waals surface area contributed by atoms with Gasteiger partial charge in [0, 0.05) is 6.54 Å². The van der Waals surface area contributed by atoms with E-state index in [-0.39, 0.29) is 35.9 Å². The van der Waals surface area contributed by atoms with Crippen molar-refractivity contribution in [3.05, 3.63) is 59.4 Å². The second kappa shape index (κ2) is 6.28. The fraction of sp³-hybridized carbons (Fsp3) is 0.278. The van der Waals surface area contributed by atoms with Crippen molar-refractivity contribution >= 4 is 5.91 Å². The third-order valence-electron chi connectivity index (χ3n) is 4.18. The third-order valence-corrected chi connectivity index (χ3v) is 4.18. The Morgan fingerprint density at radius 1 is 1.35 bits per heavy atom. The molecule has 1 aliphatic rings. The van der Waals surface area contributed by atoms with Crippen molar-refractivity contribution in [3.8, 4) is 11.5 Å². The molecule has 0 saturated heterocycles. The number of amides is 1. The zero-order valence-electron chi connectivity index (χ0n) is 12.8. The van der Waals surface area contributed by atoms with Gasteiger partial charge in [-0.2, -0.15) is 0 Å². The molecule has 0 aromatic heterocycles. The number of para-hydroxylation sites is 2. The summed E-state index contributed by atoms with van der Waals surface area (Å²) in [7, 11) is 0. The Morgan fingerprint density at radius 2 is 2.13 bits per heavy atom. The third kappa shape index (κ3) is 3.13. The Hall–Kier alpha value is -2.56.